The number of likely N-dealkylation sites (tertiary alicyclic amines) is 1. The summed E-state index contributed by atoms with van der Waals surface area (Å²) in [6, 6.07) is 9.22. The molecule has 23 heavy (non-hydrogen) atoms. The Morgan fingerprint density at radius 1 is 1.30 bits per heavy atom. The standard InChI is InChI=1S/C18H23N3O2/c19-12-14-4-1-2-6-17(14)18(22)20-15-7-9-21(10-8-15)13-16-5-3-11-23-16/h1-2,4,6,15-16H,3,5,7-11,13H2,(H,20,22). The predicted octanol–water partition coefficient (Wildman–Crippen LogP) is 1.93. The van der Waals surface area contributed by atoms with Crippen LogP contribution >= 0.6 is 0 Å². The number of hydrogen-bond donors (Lipinski definition) is 1. The summed E-state index contributed by atoms with van der Waals surface area (Å²) < 4.78 is 5.69. The van der Waals surface area contributed by atoms with Crippen molar-refractivity contribution in [2.45, 2.75) is 37.8 Å². The molecule has 1 unspecified atom stereocenters. The molecular formula is C18H23N3O2. The first kappa shape index (κ1) is 16.0. The van der Waals surface area contributed by atoms with Crippen LogP contribution in [0.25, 0.3) is 0 Å². The number of piperidine rings is 1. The highest BCUT2D eigenvalue weighted by Gasteiger charge is 2.25. The van der Waals surface area contributed by atoms with Crippen molar-refractivity contribution in [2.24, 2.45) is 0 Å². The van der Waals surface area contributed by atoms with Gasteiger partial charge in [0.2, 0.25) is 0 Å². The van der Waals surface area contributed by atoms with Gasteiger partial charge >= 0.3 is 0 Å². The number of ether oxygens (including phenoxy) is 1. The highest BCUT2D eigenvalue weighted by Crippen LogP contribution is 2.17. The first-order valence-corrected chi connectivity index (χ1v) is 8.40. The van der Waals surface area contributed by atoms with Crippen LogP contribution in [0.3, 0.4) is 0 Å². The lowest BCUT2D eigenvalue weighted by atomic mass is 10.0. The average Bonchev–Trinajstić information content (AvgIpc) is 3.09. The minimum Gasteiger partial charge on any atom is -0.377 e. The Balaban J connectivity index is 1.48. The molecule has 0 spiro atoms. The molecule has 2 aliphatic rings. The van der Waals surface area contributed by atoms with E-state index in [2.05, 4.69) is 16.3 Å². The number of amides is 1. The lowest BCUT2D eigenvalue weighted by Gasteiger charge is -2.33. The average molecular weight is 313 g/mol. The topological polar surface area (TPSA) is 65.4 Å². The zero-order chi connectivity index (χ0) is 16.1. The molecule has 1 aromatic rings. The third-order valence-corrected chi connectivity index (χ3v) is 4.70. The van der Waals surface area contributed by atoms with Crippen LogP contribution in [-0.4, -0.2) is 49.2 Å². The molecule has 2 saturated heterocycles. The lowest BCUT2D eigenvalue weighted by molar-refractivity contribution is 0.0613. The van der Waals surface area contributed by atoms with E-state index in [4.69, 9.17) is 10.00 Å². The number of carbonyl (C=O) groups excluding carboxylic acids is 1. The number of carbonyl (C=O) groups is 1. The van der Waals surface area contributed by atoms with Gasteiger partial charge in [0.25, 0.3) is 5.91 Å². The van der Waals surface area contributed by atoms with Crippen molar-refractivity contribution < 1.29 is 9.53 Å². The zero-order valence-electron chi connectivity index (χ0n) is 13.3. The van der Waals surface area contributed by atoms with E-state index in [-0.39, 0.29) is 11.9 Å². The van der Waals surface area contributed by atoms with Gasteiger partial charge in [0.05, 0.1) is 23.3 Å². The number of benzene rings is 1. The van der Waals surface area contributed by atoms with E-state index in [0.717, 1.165) is 39.1 Å². The summed E-state index contributed by atoms with van der Waals surface area (Å²) in [5, 5.41) is 12.2. The van der Waals surface area contributed by atoms with E-state index < -0.39 is 0 Å². The summed E-state index contributed by atoms with van der Waals surface area (Å²) >= 11 is 0. The van der Waals surface area contributed by atoms with Crippen LogP contribution in [-0.2, 0) is 4.74 Å². The van der Waals surface area contributed by atoms with Crippen molar-refractivity contribution in [1.29, 1.82) is 5.26 Å². The summed E-state index contributed by atoms with van der Waals surface area (Å²) in [4.78, 5) is 14.8. The Morgan fingerprint density at radius 3 is 2.78 bits per heavy atom. The maximum atomic E-state index is 12.4. The highest BCUT2D eigenvalue weighted by atomic mass is 16.5. The number of hydrogen-bond acceptors (Lipinski definition) is 4. The molecule has 1 N–H and O–H groups in total. The van der Waals surface area contributed by atoms with E-state index in [1.165, 1.54) is 12.8 Å². The Kier molecular flexibility index (Phi) is 5.27. The van der Waals surface area contributed by atoms with Gasteiger partial charge < -0.3 is 15.0 Å². The first-order chi connectivity index (χ1) is 11.3. The van der Waals surface area contributed by atoms with Crippen molar-refractivity contribution in [2.75, 3.05) is 26.2 Å². The normalized spacial score (nSPS) is 22.7. The number of nitrogens with zero attached hydrogens (tertiary/aromatic N) is 2. The predicted molar refractivity (Wildman–Crippen MR) is 87.1 cm³/mol. The Bertz CT molecular complexity index is 582. The van der Waals surface area contributed by atoms with E-state index in [1.807, 2.05) is 0 Å². The van der Waals surface area contributed by atoms with Gasteiger partial charge in [-0.25, -0.2) is 0 Å². The fourth-order valence-electron chi connectivity index (χ4n) is 3.38. The molecule has 5 heteroatoms. The van der Waals surface area contributed by atoms with Gasteiger partial charge in [-0.15, -0.1) is 0 Å². The van der Waals surface area contributed by atoms with Crippen LogP contribution in [0, 0.1) is 11.3 Å². The summed E-state index contributed by atoms with van der Waals surface area (Å²) in [5.41, 5.74) is 0.901. The van der Waals surface area contributed by atoms with Crippen molar-refractivity contribution in [1.82, 2.24) is 10.2 Å². The van der Waals surface area contributed by atoms with Gasteiger partial charge in [0.1, 0.15) is 0 Å². The molecule has 2 heterocycles. The van der Waals surface area contributed by atoms with E-state index in [9.17, 15) is 4.79 Å². The largest absolute Gasteiger partial charge is 0.377 e. The molecule has 3 rings (SSSR count). The van der Waals surface area contributed by atoms with Crippen LogP contribution in [0.2, 0.25) is 0 Å². The third kappa shape index (κ3) is 4.10. The number of nitrogens with one attached hydrogen (secondary N) is 1. The molecule has 0 radical (unpaired) electrons. The smallest absolute Gasteiger partial charge is 0.252 e. The molecule has 0 aromatic heterocycles. The van der Waals surface area contributed by atoms with Gasteiger partial charge in [0.15, 0.2) is 0 Å². The molecule has 2 aliphatic heterocycles. The fraction of sp³-hybridized carbons (Fsp3) is 0.556. The summed E-state index contributed by atoms with van der Waals surface area (Å²) in [6.07, 6.45) is 4.64. The van der Waals surface area contributed by atoms with Crippen molar-refractivity contribution in [3.8, 4) is 6.07 Å². The monoisotopic (exact) mass is 313 g/mol. The van der Waals surface area contributed by atoms with Crippen LogP contribution in [0.15, 0.2) is 24.3 Å². The molecular weight excluding hydrogens is 290 g/mol. The van der Waals surface area contributed by atoms with Crippen LogP contribution < -0.4 is 5.32 Å². The van der Waals surface area contributed by atoms with Gasteiger partial charge in [-0.2, -0.15) is 5.26 Å². The SMILES string of the molecule is N#Cc1ccccc1C(=O)NC1CCN(CC2CCCO2)CC1. The van der Waals surface area contributed by atoms with Gasteiger partial charge in [-0.3, -0.25) is 4.79 Å². The first-order valence-electron chi connectivity index (χ1n) is 8.40. The van der Waals surface area contributed by atoms with Crippen molar-refractivity contribution >= 4 is 5.91 Å². The third-order valence-electron chi connectivity index (χ3n) is 4.70. The van der Waals surface area contributed by atoms with Gasteiger partial charge in [0, 0.05) is 32.3 Å². The quantitative estimate of drug-likeness (QED) is 0.922. The second-order valence-electron chi connectivity index (χ2n) is 6.34. The Morgan fingerprint density at radius 2 is 2.09 bits per heavy atom. The highest BCUT2D eigenvalue weighted by molar-refractivity contribution is 5.96. The maximum absolute atomic E-state index is 12.4. The Labute approximate surface area is 137 Å². The molecule has 0 bridgehead atoms. The molecule has 5 nitrogen and oxygen atoms in total. The maximum Gasteiger partial charge on any atom is 0.252 e. The Hall–Kier alpha value is -1.90. The fourth-order valence-corrected chi connectivity index (χ4v) is 3.38. The van der Waals surface area contributed by atoms with E-state index in [1.54, 1.807) is 24.3 Å². The minimum absolute atomic E-state index is 0.139. The van der Waals surface area contributed by atoms with Crippen LogP contribution in [0.1, 0.15) is 41.6 Å². The van der Waals surface area contributed by atoms with Crippen molar-refractivity contribution in [3.63, 3.8) is 0 Å². The van der Waals surface area contributed by atoms with Gasteiger partial charge in [-0.05, 0) is 37.8 Å². The number of nitriles is 1. The molecule has 0 aliphatic carbocycles. The molecule has 1 amide bonds. The van der Waals surface area contributed by atoms with Crippen molar-refractivity contribution in [3.05, 3.63) is 35.4 Å². The number of rotatable bonds is 4. The molecule has 2 fully saturated rings. The van der Waals surface area contributed by atoms with E-state index >= 15 is 0 Å². The summed E-state index contributed by atoms with van der Waals surface area (Å²) in [7, 11) is 0. The minimum atomic E-state index is -0.139. The van der Waals surface area contributed by atoms with Gasteiger partial charge in [-0.1, -0.05) is 12.1 Å². The lowest BCUT2D eigenvalue weighted by Crippen LogP contribution is -2.46. The second kappa shape index (κ2) is 7.58. The molecule has 0 saturated carbocycles. The second-order valence-corrected chi connectivity index (χ2v) is 6.34. The van der Waals surface area contributed by atoms with Crippen LogP contribution in [0.4, 0.5) is 0 Å². The summed E-state index contributed by atoms with van der Waals surface area (Å²) in [6.45, 7) is 3.89. The van der Waals surface area contributed by atoms with E-state index in [0.29, 0.717) is 17.2 Å². The van der Waals surface area contributed by atoms with Crippen LogP contribution in [0.5, 0.6) is 0 Å². The molecule has 1 aromatic carbocycles. The zero-order valence-corrected chi connectivity index (χ0v) is 13.3. The molecule has 122 valence electrons. The molecule has 1 atom stereocenters. The summed E-state index contributed by atoms with van der Waals surface area (Å²) in [5.74, 6) is -0.139.